The van der Waals surface area contributed by atoms with Crippen LogP contribution in [0.1, 0.15) is 20.3 Å². The molecule has 2 heterocycles. The van der Waals surface area contributed by atoms with Gasteiger partial charge in [0.05, 0.1) is 11.2 Å². The van der Waals surface area contributed by atoms with Crippen LogP contribution in [0.15, 0.2) is 0 Å². The molecule has 1 unspecified atom stereocenters. The van der Waals surface area contributed by atoms with Crippen LogP contribution in [0.2, 0.25) is 0 Å². The standard InChI is InChI=1S/C8H11NO5S/c1-8(2)6(7(11)12)9-4(10)3-5(9)15(8,13)14/h5-6H,3H2,1-2H3,(H,11,12)/t5-,6?/m0/s1. The number of carbonyl (C=O) groups excluding carboxylic acids is 1. The molecule has 0 aromatic carbocycles. The van der Waals surface area contributed by atoms with Gasteiger partial charge in [0.15, 0.2) is 9.84 Å². The van der Waals surface area contributed by atoms with Crippen molar-refractivity contribution in [3.63, 3.8) is 0 Å². The lowest BCUT2D eigenvalue weighted by Gasteiger charge is -2.35. The summed E-state index contributed by atoms with van der Waals surface area (Å²) in [7, 11) is -3.57. The Labute approximate surface area is 86.8 Å². The molecule has 2 fully saturated rings. The zero-order valence-electron chi connectivity index (χ0n) is 8.30. The monoisotopic (exact) mass is 233 g/mol. The average Bonchev–Trinajstić information content (AvgIpc) is 2.19. The molecule has 1 N–H and O–H groups in total. The topological polar surface area (TPSA) is 91.8 Å². The van der Waals surface area contributed by atoms with Gasteiger partial charge in [-0.15, -0.1) is 0 Å². The Kier molecular flexibility index (Phi) is 1.75. The van der Waals surface area contributed by atoms with Gasteiger partial charge in [-0.05, 0) is 13.8 Å². The van der Waals surface area contributed by atoms with E-state index in [9.17, 15) is 18.0 Å². The molecule has 2 saturated heterocycles. The first-order valence-corrected chi connectivity index (χ1v) is 6.03. The van der Waals surface area contributed by atoms with Crippen LogP contribution < -0.4 is 0 Å². The lowest BCUT2D eigenvalue weighted by atomic mass is 9.98. The molecule has 0 aliphatic carbocycles. The molecule has 2 aliphatic heterocycles. The van der Waals surface area contributed by atoms with E-state index in [-0.39, 0.29) is 6.42 Å². The first-order valence-electron chi connectivity index (χ1n) is 4.48. The number of carbonyl (C=O) groups is 2. The second kappa shape index (κ2) is 2.52. The minimum atomic E-state index is -3.57. The van der Waals surface area contributed by atoms with E-state index in [0.29, 0.717) is 0 Å². The fraction of sp³-hybridized carbons (Fsp3) is 0.750. The zero-order chi connectivity index (χ0) is 11.6. The summed E-state index contributed by atoms with van der Waals surface area (Å²) < 4.78 is 22.4. The fourth-order valence-electron chi connectivity index (χ4n) is 2.23. The smallest absolute Gasteiger partial charge is 0.328 e. The minimum Gasteiger partial charge on any atom is -0.480 e. The van der Waals surface area contributed by atoms with Gasteiger partial charge in [0, 0.05) is 0 Å². The number of hydrogen-bond donors (Lipinski definition) is 1. The molecule has 0 aromatic heterocycles. The van der Waals surface area contributed by atoms with Gasteiger partial charge < -0.3 is 10.0 Å². The van der Waals surface area contributed by atoms with Crippen LogP contribution in [0.5, 0.6) is 0 Å². The summed E-state index contributed by atoms with van der Waals surface area (Å²) in [5, 5.41) is 8.03. The average molecular weight is 233 g/mol. The molecule has 0 saturated carbocycles. The Morgan fingerprint density at radius 2 is 2.07 bits per heavy atom. The summed E-state index contributed by atoms with van der Waals surface area (Å²) in [5.41, 5.74) is 0. The van der Waals surface area contributed by atoms with Gasteiger partial charge in [0.25, 0.3) is 0 Å². The summed E-state index contributed by atoms with van der Waals surface area (Å²) >= 11 is 0. The predicted molar refractivity (Wildman–Crippen MR) is 49.7 cm³/mol. The van der Waals surface area contributed by atoms with E-state index in [1.165, 1.54) is 13.8 Å². The fourth-order valence-corrected chi connectivity index (χ4v) is 4.36. The maximum atomic E-state index is 11.9. The number of hydrogen-bond acceptors (Lipinski definition) is 4. The summed E-state index contributed by atoms with van der Waals surface area (Å²) in [6, 6.07) is -1.26. The molecule has 6 nitrogen and oxygen atoms in total. The highest BCUT2D eigenvalue weighted by Crippen LogP contribution is 2.45. The molecule has 0 radical (unpaired) electrons. The van der Waals surface area contributed by atoms with Crippen LogP contribution in [0, 0.1) is 0 Å². The number of amides is 1. The first kappa shape index (κ1) is 10.4. The van der Waals surface area contributed by atoms with Crippen molar-refractivity contribution in [3.05, 3.63) is 0 Å². The van der Waals surface area contributed by atoms with E-state index >= 15 is 0 Å². The molecule has 7 heteroatoms. The third-order valence-corrected chi connectivity index (χ3v) is 6.01. The number of β-lactam (4-membered cyclic amide) rings is 1. The summed E-state index contributed by atoms with van der Waals surface area (Å²) in [5.74, 6) is -1.67. The number of fused-ring (bicyclic) bond motifs is 1. The lowest BCUT2D eigenvalue weighted by Crippen LogP contribution is -2.57. The number of rotatable bonds is 1. The van der Waals surface area contributed by atoms with Crippen molar-refractivity contribution in [1.29, 1.82) is 0 Å². The summed E-state index contributed by atoms with van der Waals surface area (Å²) in [6.07, 6.45) is -0.0878. The minimum absolute atomic E-state index is 0.0878. The molecule has 2 aliphatic rings. The number of carboxylic acid groups (broad SMARTS) is 1. The highest BCUT2D eigenvalue weighted by atomic mass is 32.2. The van der Waals surface area contributed by atoms with Crippen LogP contribution in [0.4, 0.5) is 0 Å². The molecule has 0 bridgehead atoms. The van der Waals surface area contributed by atoms with Crippen molar-refractivity contribution >= 4 is 21.7 Å². The van der Waals surface area contributed by atoms with E-state index in [4.69, 9.17) is 5.11 Å². The Hall–Kier alpha value is -1.11. The van der Waals surface area contributed by atoms with E-state index < -0.39 is 37.9 Å². The third kappa shape index (κ3) is 0.961. The van der Waals surface area contributed by atoms with Crippen LogP contribution in [0.25, 0.3) is 0 Å². The Bertz CT molecular complexity index is 452. The van der Waals surface area contributed by atoms with Gasteiger partial charge in [-0.3, -0.25) is 4.79 Å². The molecule has 1 amide bonds. The van der Waals surface area contributed by atoms with E-state index in [2.05, 4.69) is 0 Å². The maximum Gasteiger partial charge on any atom is 0.328 e. The van der Waals surface area contributed by atoms with Gasteiger partial charge in [-0.2, -0.15) is 0 Å². The molecular formula is C8H11NO5S. The van der Waals surface area contributed by atoms with Gasteiger partial charge in [0.2, 0.25) is 5.91 Å². The van der Waals surface area contributed by atoms with Crippen molar-refractivity contribution in [2.75, 3.05) is 0 Å². The highest BCUT2D eigenvalue weighted by molar-refractivity contribution is 7.93. The first-order chi connectivity index (χ1) is 6.71. The Balaban J connectivity index is 2.57. The van der Waals surface area contributed by atoms with Crippen LogP contribution in [-0.4, -0.2) is 46.5 Å². The van der Waals surface area contributed by atoms with Crippen molar-refractivity contribution in [2.45, 2.75) is 36.4 Å². The number of nitrogens with zero attached hydrogens (tertiary/aromatic N) is 1. The van der Waals surface area contributed by atoms with Crippen LogP contribution in [-0.2, 0) is 19.4 Å². The quantitative estimate of drug-likeness (QED) is 0.599. The Morgan fingerprint density at radius 1 is 1.53 bits per heavy atom. The second-order valence-electron chi connectivity index (χ2n) is 4.35. The van der Waals surface area contributed by atoms with E-state index in [1.54, 1.807) is 0 Å². The molecule has 2 rings (SSSR count). The lowest BCUT2D eigenvalue weighted by molar-refractivity contribution is -0.157. The molecule has 15 heavy (non-hydrogen) atoms. The van der Waals surface area contributed by atoms with Gasteiger partial charge in [-0.1, -0.05) is 0 Å². The van der Waals surface area contributed by atoms with E-state index in [0.717, 1.165) is 4.90 Å². The largest absolute Gasteiger partial charge is 0.480 e. The van der Waals surface area contributed by atoms with Gasteiger partial charge in [0.1, 0.15) is 11.4 Å². The highest BCUT2D eigenvalue weighted by Gasteiger charge is 2.67. The Morgan fingerprint density at radius 3 is 2.40 bits per heavy atom. The van der Waals surface area contributed by atoms with Crippen molar-refractivity contribution in [2.24, 2.45) is 0 Å². The number of aliphatic carboxylic acids is 1. The van der Waals surface area contributed by atoms with Crippen molar-refractivity contribution < 1.29 is 23.1 Å². The molecule has 0 aromatic rings. The van der Waals surface area contributed by atoms with E-state index in [1.807, 2.05) is 0 Å². The number of carboxylic acids is 1. The summed E-state index contributed by atoms with van der Waals surface area (Å²) in [4.78, 5) is 23.2. The maximum absolute atomic E-state index is 11.9. The normalized spacial score (nSPS) is 35.9. The van der Waals surface area contributed by atoms with Gasteiger partial charge in [-0.25, -0.2) is 13.2 Å². The zero-order valence-corrected chi connectivity index (χ0v) is 9.11. The van der Waals surface area contributed by atoms with Crippen molar-refractivity contribution in [1.82, 2.24) is 4.90 Å². The van der Waals surface area contributed by atoms with Crippen molar-refractivity contribution in [3.8, 4) is 0 Å². The molecule has 0 spiro atoms. The van der Waals surface area contributed by atoms with Gasteiger partial charge >= 0.3 is 5.97 Å². The SMILES string of the molecule is CC1(C)C(C(=O)O)N2C(=O)C[C@@H]2S1(=O)=O. The van der Waals surface area contributed by atoms with Crippen LogP contribution in [0.3, 0.4) is 0 Å². The summed E-state index contributed by atoms with van der Waals surface area (Å²) in [6.45, 7) is 2.71. The molecular weight excluding hydrogens is 222 g/mol. The molecule has 84 valence electrons. The van der Waals surface area contributed by atoms with Crippen LogP contribution >= 0.6 is 0 Å². The third-order valence-electron chi connectivity index (χ3n) is 3.21. The predicted octanol–water partition coefficient (Wildman–Crippen LogP) is -0.795. The number of sulfone groups is 1. The molecule has 2 atom stereocenters. The second-order valence-corrected chi connectivity index (χ2v) is 7.04.